The number of rotatable bonds is 6. The van der Waals surface area contributed by atoms with E-state index in [1.807, 2.05) is 24.3 Å². The minimum absolute atomic E-state index is 0.152. The average Bonchev–Trinajstić information content (AvgIpc) is 2.79. The molecule has 2 aromatic carbocycles. The summed E-state index contributed by atoms with van der Waals surface area (Å²) in [4.78, 5) is 18.9. The Balaban J connectivity index is 1.37. The van der Waals surface area contributed by atoms with Crippen LogP contribution in [0.4, 0.5) is 10.1 Å². The normalized spacial score (nSPS) is 13.8. The van der Waals surface area contributed by atoms with Crippen molar-refractivity contribution in [1.29, 1.82) is 0 Å². The first-order valence-corrected chi connectivity index (χ1v) is 10.5. The summed E-state index contributed by atoms with van der Waals surface area (Å²) in [5.41, 5.74) is 4.24. The maximum absolute atomic E-state index is 13.2. The second kappa shape index (κ2) is 9.90. The molecule has 1 N–H and O–H groups in total. The zero-order valence-electron chi connectivity index (χ0n) is 17.0. The van der Waals surface area contributed by atoms with Gasteiger partial charge in [0, 0.05) is 48.3 Å². The van der Waals surface area contributed by atoms with Crippen molar-refractivity contribution in [3.63, 3.8) is 0 Å². The molecule has 160 valence electrons. The third-order valence-electron chi connectivity index (χ3n) is 5.19. The van der Waals surface area contributed by atoms with E-state index in [1.54, 1.807) is 18.3 Å². The maximum atomic E-state index is 13.2. The number of halogens is 2. The minimum atomic E-state index is -0.319. The Hall–Kier alpha value is -2.96. The van der Waals surface area contributed by atoms with Gasteiger partial charge < -0.3 is 15.0 Å². The summed E-state index contributed by atoms with van der Waals surface area (Å²) in [7, 11) is 0. The smallest absolute Gasteiger partial charge is 0.226 e. The summed E-state index contributed by atoms with van der Waals surface area (Å²) in [6.45, 7) is 3.43. The first-order chi connectivity index (χ1) is 15.1. The van der Waals surface area contributed by atoms with E-state index >= 15 is 0 Å². The monoisotopic (exact) mass is 439 g/mol. The number of carbonyl (C=O) groups excluding carboxylic acids is 1. The Kier molecular flexibility index (Phi) is 6.79. The van der Waals surface area contributed by atoms with E-state index < -0.39 is 0 Å². The van der Waals surface area contributed by atoms with Crippen molar-refractivity contribution in [2.45, 2.75) is 13.0 Å². The van der Waals surface area contributed by atoms with Gasteiger partial charge in [0.15, 0.2) is 0 Å². The number of anilines is 1. The van der Waals surface area contributed by atoms with Crippen LogP contribution in [0.25, 0.3) is 11.1 Å². The van der Waals surface area contributed by atoms with Crippen LogP contribution in [0.3, 0.4) is 0 Å². The van der Waals surface area contributed by atoms with Crippen molar-refractivity contribution in [3.8, 4) is 11.1 Å². The van der Waals surface area contributed by atoms with Crippen molar-refractivity contribution < 1.29 is 13.9 Å². The molecule has 5 nitrogen and oxygen atoms in total. The van der Waals surface area contributed by atoms with E-state index in [4.69, 9.17) is 16.3 Å². The molecule has 0 saturated carbocycles. The standard InChI is InChI=1S/C24H23ClFN3O2/c25-23-14-21(29-8-10-31-11-9-29)6-7-22(23)18-4-5-20(27-16-18)13-24(30)28-15-17-2-1-3-19(26)12-17/h1-7,12,14,16H,8-11,13,15H2,(H,28,30). The Bertz CT molecular complexity index is 1050. The number of nitrogens with one attached hydrogen (secondary N) is 1. The molecule has 0 aliphatic carbocycles. The number of ether oxygens (including phenoxy) is 1. The van der Waals surface area contributed by atoms with Gasteiger partial charge in [-0.15, -0.1) is 0 Å². The van der Waals surface area contributed by atoms with Crippen molar-refractivity contribution in [3.05, 3.63) is 82.9 Å². The van der Waals surface area contributed by atoms with Crippen LogP contribution in [-0.4, -0.2) is 37.2 Å². The Morgan fingerprint density at radius 3 is 2.68 bits per heavy atom. The molecule has 0 radical (unpaired) electrons. The summed E-state index contributed by atoms with van der Waals surface area (Å²) in [6, 6.07) is 15.9. The number of hydrogen-bond donors (Lipinski definition) is 1. The minimum Gasteiger partial charge on any atom is -0.378 e. The Labute approximate surface area is 185 Å². The molecular weight excluding hydrogens is 417 g/mol. The number of hydrogen-bond acceptors (Lipinski definition) is 4. The molecule has 1 saturated heterocycles. The van der Waals surface area contributed by atoms with Crippen LogP contribution < -0.4 is 10.2 Å². The number of carbonyl (C=O) groups is 1. The summed E-state index contributed by atoms with van der Waals surface area (Å²) >= 11 is 6.54. The maximum Gasteiger partial charge on any atom is 0.226 e. The summed E-state index contributed by atoms with van der Waals surface area (Å²) in [5, 5.41) is 3.45. The summed E-state index contributed by atoms with van der Waals surface area (Å²) in [5.74, 6) is -0.488. The van der Waals surface area contributed by atoms with Crippen LogP contribution in [0, 0.1) is 5.82 Å². The molecule has 1 aliphatic rings. The molecule has 0 bridgehead atoms. The predicted octanol–water partition coefficient (Wildman–Crippen LogP) is 4.24. The fourth-order valence-corrected chi connectivity index (χ4v) is 3.80. The highest BCUT2D eigenvalue weighted by Crippen LogP contribution is 2.31. The predicted molar refractivity (Wildman–Crippen MR) is 120 cm³/mol. The van der Waals surface area contributed by atoms with Gasteiger partial charge in [0.25, 0.3) is 0 Å². The van der Waals surface area contributed by atoms with E-state index in [-0.39, 0.29) is 24.7 Å². The lowest BCUT2D eigenvalue weighted by atomic mass is 10.1. The fourth-order valence-electron chi connectivity index (χ4n) is 3.52. The van der Waals surface area contributed by atoms with Crippen LogP contribution >= 0.6 is 11.6 Å². The van der Waals surface area contributed by atoms with Gasteiger partial charge in [-0.05, 0) is 35.9 Å². The Morgan fingerprint density at radius 2 is 1.97 bits per heavy atom. The second-order valence-corrected chi connectivity index (χ2v) is 7.79. The van der Waals surface area contributed by atoms with Crippen LogP contribution in [0.15, 0.2) is 60.8 Å². The molecule has 0 unspecified atom stereocenters. The molecular formula is C24H23ClFN3O2. The molecule has 2 heterocycles. The molecule has 1 aromatic heterocycles. The highest BCUT2D eigenvalue weighted by molar-refractivity contribution is 6.33. The number of pyridine rings is 1. The van der Waals surface area contributed by atoms with Gasteiger partial charge in [0.2, 0.25) is 5.91 Å². The molecule has 0 spiro atoms. The molecule has 1 amide bonds. The van der Waals surface area contributed by atoms with Crippen molar-refractivity contribution in [2.75, 3.05) is 31.2 Å². The van der Waals surface area contributed by atoms with Crippen LogP contribution in [-0.2, 0) is 22.5 Å². The van der Waals surface area contributed by atoms with Gasteiger partial charge in [-0.25, -0.2) is 4.39 Å². The quantitative estimate of drug-likeness (QED) is 0.624. The second-order valence-electron chi connectivity index (χ2n) is 7.39. The van der Waals surface area contributed by atoms with Crippen molar-refractivity contribution >= 4 is 23.2 Å². The summed E-state index contributed by atoms with van der Waals surface area (Å²) < 4.78 is 18.6. The molecule has 3 aromatic rings. The third kappa shape index (κ3) is 5.60. The van der Waals surface area contributed by atoms with Crippen LogP contribution in [0.2, 0.25) is 5.02 Å². The highest BCUT2D eigenvalue weighted by atomic mass is 35.5. The van der Waals surface area contributed by atoms with E-state index in [0.29, 0.717) is 16.3 Å². The molecule has 1 aliphatic heterocycles. The van der Waals surface area contributed by atoms with Gasteiger partial charge >= 0.3 is 0 Å². The SMILES string of the molecule is O=C(Cc1ccc(-c2ccc(N3CCOCC3)cc2Cl)cn1)NCc1cccc(F)c1. The number of amides is 1. The zero-order chi connectivity index (χ0) is 21.6. The van der Waals surface area contributed by atoms with Gasteiger partial charge in [0.05, 0.1) is 24.7 Å². The van der Waals surface area contributed by atoms with Crippen molar-refractivity contribution in [1.82, 2.24) is 10.3 Å². The number of nitrogens with zero attached hydrogens (tertiary/aromatic N) is 2. The molecule has 0 atom stereocenters. The van der Waals surface area contributed by atoms with Gasteiger partial charge in [-0.2, -0.15) is 0 Å². The average molecular weight is 440 g/mol. The van der Waals surface area contributed by atoms with Gasteiger partial charge in [-0.3, -0.25) is 9.78 Å². The molecule has 31 heavy (non-hydrogen) atoms. The fraction of sp³-hybridized carbons (Fsp3) is 0.250. The zero-order valence-corrected chi connectivity index (χ0v) is 17.7. The van der Waals surface area contributed by atoms with Crippen molar-refractivity contribution in [2.24, 2.45) is 0 Å². The van der Waals surface area contributed by atoms with E-state index in [0.717, 1.165) is 43.1 Å². The lowest BCUT2D eigenvalue weighted by Crippen LogP contribution is -2.36. The number of morpholine rings is 1. The molecule has 7 heteroatoms. The summed E-state index contributed by atoms with van der Waals surface area (Å²) in [6.07, 6.45) is 1.88. The molecule has 4 rings (SSSR count). The van der Waals surface area contributed by atoms with Crippen LogP contribution in [0.5, 0.6) is 0 Å². The lowest BCUT2D eigenvalue weighted by Gasteiger charge is -2.29. The highest BCUT2D eigenvalue weighted by Gasteiger charge is 2.14. The molecule has 1 fully saturated rings. The topological polar surface area (TPSA) is 54.5 Å². The third-order valence-corrected chi connectivity index (χ3v) is 5.50. The van der Waals surface area contributed by atoms with Crippen LogP contribution in [0.1, 0.15) is 11.3 Å². The van der Waals surface area contributed by atoms with E-state index in [1.165, 1.54) is 12.1 Å². The van der Waals surface area contributed by atoms with Gasteiger partial charge in [-0.1, -0.05) is 35.9 Å². The Morgan fingerprint density at radius 1 is 1.13 bits per heavy atom. The van der Waals surface area contributed by atoms with E-state index in [2.05, 4.69) is 21.3 Å². The number of benzene rings is 2. The lowest BCUT2D eigenvalue weighted by molar-refractivity contribution is -0.120. The first-order valence-electron chi connectivity index (χ1n) is 10.2. The van der Waals surface area contributed by atoms with Gasteiger partial charge in [0.1, 0.15) is 5.82 Å². The first kappa shape index (κ1) is 21.3. The number of aromatic nitrogens is 1. The van der Waals surface area contributed by atoms with E-state index in [9.17, 15) is 9.18 Å². The largest absolute Gasteiger partial charge is 0.378 e.